The number of rotatable bonds is 6. The van der Waals surface area contributed by atoms with Crippen LogP contribution in [0.1, 0.15) is 35.3 Å². The number of urea groups is 1. The summed E-state index contributed by atoms with van der Waals surface area (Å²) in [6.45, 7) is 5.98. The van der Waals surface area contributed by atoms with Crippen LogP contribution in [0.3, 0.4) is 0 Å². The van der Waals surface area contributed by atoms with Gasteiger partial charge in [-0.1, -0.05) is 0 Å². The number of piperazine rings is 1. The van der Waals surface area contributed by atoms with Crippen LogP contribution in [-0.4, -0.2) is 79.5 Å². The van der Waals surface area contributed by atoms with Crippen LogP contribution in [0.2, 0.25) is 0 Å². The van der Waals surface area contributed by atoms with Crippen molar-refractivity contribution in [3.05, 3.63) is 53.9 Å². The molecule has 2 aromatic rings. The van der Waals surface area contributed by atoms with Gasteiger partial charge in [0.2, 0.25) is 0 Å². The summed E-state index contributed by atoms with van der Waals surface area (Å²) in [5.74, 6) is -0.144. The van der Waals surface area contributed by atoms with Crippen LogP contribution in [0.25, 0.3) is 0 Å². The zero-order valence-electron chi connectivity index (χ0n) is 19.4. The Morgan fingerprint density at radius 2 is 1.64 bits per heavy atom. The molecule has 0 radical (unpaired) electrons. The van der Waals surface area contributed by atoms with Crippen molar-refractivity contribution in [2.45, 2.75) is 25.8 Å². The Labute approximate surface area is 196 Å². The quantitative estimate of drug-likeness (QED) is 0.681. The predicted octanol–water partition coefficient (Wildman–Crippen LogP) is 2.59. The van der Waals surface area contributed by atoms with Crippen molar-refractivity contribution in [3.63, 3.8) is 0 Å². The van der Waals surface area contributed by atoms with Gasteiger partial charge in [-0.15, -0.1) is 0 Å². The number of likely N-dealkylation sites (tertiary alicyclic amines) is 1. The molecule has 0 bridgehead atoms. The van der Waals surface area contributed by atoms with E-state index in [0.29, 0.717) is 12.1 Å². The number of hydrogen-bond donors (Lipinski definition) is 1. The molecule has 0 spiro atoms. The smallest absolute Gasteiger partial charge is 0.324 e. The first-order chi connectivity index (χ1) is 16.0. The molecular weight excluding hydrogens is 416 g/mol. The first-order valence-electron chi connectivity index (χ1n) is 11.8. The van der Waals surface area contributed by atoms with Gasteiger partial charge in [-0.25, -0.2) is 4.79 Å². The normalized spacial score (nSPS) is 17.2. The van der Waals surface area contributed by atoms with Crippen molar-refractivity contribution in [2.75, 3.05) is 62.7 Å². The molecule has 2 N–H and O–H groups in total. The molecule has 0 aliphatic carbocycles. The van der Waals surface area contributed by atoms with E-state index in [-0.39, 0.29) is 18.4 Å². The minimum atomic E-state index is -0.144. The van der Waals surface area contributed by atoms with Crippen LogP contribution in [-0.2, 0) is 6.54 Å². The third-order valence-corrected chi connectivity index (χ3v) is 6.54. The molecular formula is C25H34N6O2. The van der Waals surface area contributed by atoms with Crippen LogP contribution < -0.4 is 15.5 Å². The molecule has 2 amide bonds. The number of benzene rings is 1. The summed E-state index contributed by atoms with van der Waals surface area (Å²) in [4.78, 5) is 38.2. The highest BCUT2D eigenvalue weighted by molar-refractivity contribution is 5.97. The third-order valence-electron chi connectivity index (χ3n) is 6.54. The van der Waals surface area contributed by atoms with Gasteiger partial charge in [0, 0.05) is 62.4 Å². The van der Waals surface area contributed by atoms with Crippen LogP contribution in [0, 0.1) is 0 Å². The zero-order valence-corrected chi connectivity index (χ0v) is 19.4. The number of nitrogens with two attached hydrogens (primary N) is 1. The number of pyridine rings is 1. The molecule has 2 fully saturated rings. The number of ketones is 1. The molecule has 0 saturated carbocycles. The fourth-order valence-corrected chi connectivity index (χ4v) is 4.40. The number of amides is 2. The average molecular weight is 451 g/mol. The molecule has 0 unspecified atom stereocenters. The monoisotopic (exact) mass is 450 g/mol. The molecule has 33 heavy (non-hydrogen) atoms. The lowest BCUT2D eigenvalue weighted by Crippen LogP contribution is -2.45. The van der Waals surface area contributed by atoms with Crippen LogP contribution >= 0.6 is 0 Å². The first kappa shape index (κ1) is 23.2. The van der Waals surface area contributed by atoms with Gasteiger partial charge >= 0.3 is 6.03 Å². The largest absolute Gasteiger partial charge is 0.369 e. The van der Waals surface area contributed by atoms with E-state index in [9.17, 15) is 9.59 Å². The van der Waals surface area contributed by atoms with Crippen molar-refractivity contribution >= 4 is 23.2 Å². The maximum absolute atomic E-state index is 13.5. The Hall–Kier alpha value is -2.97. The van der Waals surface area contributed by atoms with Gasteiger partial charge in [0.25, 0.3) is 0 Å². The first-order valence-corrected chi connectivity index (χ1v) is 11.8. The summed E-state index contributed by atoms with van der Waals surface area (Å²) in [5.41, 5.74) is 8.71. The second kappa shape index (κ2) is 10.8. The Balaban J connectivity index is 1.54. The molecule has 8 nitrogen and oxygen atoms in total. The van der Waals surface area contributed by atoms with E-state index in [1.54, 1.807) is 23.2 Å². The fraction of sp³-hybridized carbons (Fsp3) is 0.480. The lowest BCUT2D eigenvalue weighted by atomic mass is 10.1. The van der Waals surface area contributed by atoms with Gasteiger partial charge in [0.15, 0.2) is 5.78 Å². The molecule has 8 heteroatoms. The molecule has 176 valence electrons. The van der Waals surface area contributed by atoms with Gasteiger partial charge in [0.05, 0.1) is 18.8 Å². The van der Waals surface area contributed by atoms with E-state index >= 15 is 0 Å². The van der Waals surface area contributed by atoms with Crippen molar-refractivity contribution < 1.29 is 9.59 Å². The summed E-state index contributed by atoms with van der Waals surface area (Å²) in [6, 6.07) is 11.8. The lowest BCUT2D eigenvalue weighted by molar-refractivity contribution is 0.100. The van der Waals surface area contributed by atoms with Crippen molar-refractivity contribution in [1.82, 2.24) is 14.8 Å². The third kappa shape index (κ3) is 5.69. The SMILES string of the molecule is CN1CCN(c2ccc(N(Cc3ccc(C(=O)CN)cn3)C(=O)N3CCCCC3)cc2)CC1. The fourth-order valence-electron chi connectivity index (χ4n) is 4.40. The second-order valence-corrected chi connectivity index (χ2v) is 8.89. The van der Waals surface area contributed by atoms with Gasteiger partial charge in [0.1, 0.15) is 0 Å². The van der Waals surface area contributed by atoms with E-state index in [1.165, 1.54) is 12.1 Å². The van der Waals surface area contributed by atoms with Crippen molar-refractivity contribution in [3.8, 4) is 0 Å². The summed E-state index contributed by atoms with van der Waals surface area (Å²) < 4.78 is 0. The minimum absolute atomic E-state index is 0.00552. The van der Waals surface area contributed by atoms with E-state index in [4.69, 9.17) is 5.73 Å². The van der Waals surface area contributed by atoms with Crippen LogP contribution in [0.5, 0.6) is 0 Å². The maximum Gasteiger partial charge on any atom is 0.324 e. The Morgan fingerprint density at radius 1 is 0.939 bits per heavy atom. The topological polar surface area (TPSA) is 86.0 Å². The van der Waals surface area contributed by atoms with Crippen LogP contribution in [0.4, 0.5) is 16.2 Å². The van der Waals surface area contributed by atoms with Crippen LogP contribution in [0.15, 0.2) is 42.6 Å². The predicted molar refractivity (Wildman–Crippen MR) is 131 cm³/mol. The van der Waals surface area contributed by atoms with Crippen molar-refractivity contribution in [1.29, 1.82) is 0 Å². The number of anilines is 2. The maximum atomic E-state index is 13.5. The molecule has 2 saturated heterocycles. The number of nitrogens with zero attached hydrogens (tertiary/aromatic N) is 5. The van der Waals surface area contributed by atoms with Gasteiger partial charge < -0.3 is 20.4 Å². The van der Waals surface area contributed by atoms with E-state index in [1.807, 2.05) is 17.0 Å². The molecule has 2 aliphatic rings. The number of carbonyl (C=O) groups is 2. The van der Waals surface area contributed by atoms with Gasteiger partial charge in [-0.3, -0.25) is 14.7 Å². The molecule has 1 aromatic carbocycles. The minimum Gasteiger partial charge on any atom is -0.369 e. The highest BCUT2D eigenvalue weighted by Crippen LogP contribution is 2.25. The number of likely N-dealkylation sites (N-methyl/N-ethyl adjacent to an activating group) is 1. The Kier molecular flexibility index (Phi) is 7.57. The summed E-state index contributed by atoms with van der Waals surface area (Å²) in [5, 5.41) is 0. The Bertz CT molecular complexity index is 932. The van der Waals surface area contributed by atoms with Gasteiger partial charge in [-0.2, -0.15) is 0 Å². The molecule has 2 aliphatic heterocycles. The molecule has 1 aromatic heterocycles. The van der Waals surface area contributed by atoms with Gasteiger partial charge in [-0.05, 0) is 62.7 Å². The van der Waals surface area contributed by atoms with E-state index in [0.717, 1.165) is 63.5 Å². The standard InChI is InChI=1S/C25H34N6O2/c1-28-13-15-29(16-14-28)22-7-9-23(10-8-22)31(25(33)30-11-3-2-4-12-30)19-21-6-5-20(18-27-21)24(32)17-26/h5-10,18H,2-4,11-17,19,26H2,1H3. The summed E-state index contributed by atoms with van der Waals surface area (Å²) in [6.07, 6.45) is 4.79. The number of Topliss-reactive ketones (excluding diaryl/α,β-unsaturated/α-hetero) is 1. The van der Waals surface area contributed by atoms with Crippen molar-refractivity contribution in [2.24, 2.45) is 5.73 Å². The molecule has 4 rings (SSSR count). The van der Waals surface area contributed by atoms with E-state index in [2.05, 4.69) is 34.0 Å². The second-order valence-electron chi connectivity index (χ2n) is 8.89. The average Bonchev–Trinajstić information content (AvgIpc) is 2.88. The zero-order chi connectivity index (χ0) is 23.2. The summed E-state index contributed by atoms with van der Waals surface area (Å²) in [7, 11) is 2.15. The number of piperidine rings is 1. The number of hydrogen-bond acceptors (Lipinski definition) is 6. The van der Waals surface area contributed by atoms with E-state index < -0.39 is 0 Å². The number of aromatic nitrogens is 1. The lowest BCUT2D eigenvalue weighted by Gasteiger charge is -2.35. The molecule has 3 heterocycles. The summed E-state index contributed by atoms with van der Waals surface area (Å²) >= 11 is 0. The highest BCUT2D eigenvalue weighted by Gasteiger charge is 2.25. The molecule has 0 atom stereocenters. The highest BCUT2D eigenvalue weighted by atomic mass is 16.2. The number of carbonyl (C=O) groups excluding carboxylic acids is 2. The Morgan fingerprint density at radius 3 is 2.24 bits per heavy atom.